The summed E-state index contributed by atoms with van der Waals surface area (Å²) in [5.74, 6) is -5.15. The van der Waals surface area contributed by atoms with Crippen molar-refractivity contribution < 1.29 is 44.2 Å². The molecule has 0 aromatic rings. The van der Waals surface area contributed by atoms with E-state index in [2.05, 4.69) is 5.32 Å². The molecule has 0 radical (unpaired) electrons. The quantitative estimate of drug-likeness (QED) is 0.372. The molecule has 1 aliphatic carbocycles. The van der Waals surface area contributed by atoms with Gasteiger partial charge in [-0.3, -0.25) is 9.59 Å². The summed E-state index contributed by atoms with van der Waals surface area (Å²) in [7, 11) is -1.38. The van der Waals surface area contributed by atoms with Crippen LogP contribution in [0.4, 0.5) is 0 Å². The van der Waals surface area contributed by atoms with Crippen molar-refractivity contribution in [3.8, 4) is 0 Å². The highest BCUT2D eigenvalue weighted by molar-refractivity contribution is 6.45. The standard InChI is InChI=1S/C16H20BNO9/c19-12(18-11-5-4-9(7-13(20)21)27-17(11)26)6-8-2-1-3-10(15(22)23)14(8)16(24)25/h2,9,11,26H,1,3-7H2,(H,18,19)(H,20,21)(H,22,23)(H,24,25)/t9-,11-/m0/s1. The van der Waals surface area contributed by atoms with Gasteiger partial charge in [0.1, 0.15) is 0 Å². The molecule has 1 fully saturated rings. The second kappa shape index (κ2) is 8.82. The number of hydrogen-bond acceptors (Lipinski definition) is 6. The number of aliphatic carboxylic acids is 3. The molecule has 2 atom stereocenters. The number of allylic oxidation sites excluding steroid dienone is 1. The Hall–Kier alpha value is -2.66. The predicted molar refractivity (Wildman–Crippen MR) is 90.5 cm³/mol. The van der Waals surface area contributed by atoms with Gasteiger partial charge < -0.3 is 30.3 Å². The van der Waals surface area contributed by atoms with Crippen LogP contribution in [-0.2, 0) is 23.8 Å². The Morgan fingerprint density at radius 3 is 2.41 bits per heavy atom. The molecule has 1 aliphatic heterocycles. The summed E-state index contributed by atoms with van der Waals surface area (Å²) in [5.41, 5.74) is -0.519. The number of carboxylic acid groups (broad SMARTS) is 3. The minimum atomic E-state index is -1.41. The zero-order chi connectivity index (χ0) is 20.1. The number of nitrogens with one attached hydrogen (secondary N) is 1. The van der Waals surface area contributed by atoms with Gasteiger partial charge in [0.15, 0.2) is 0 Å². The summed E-state index contributed by atoms with van der Waals surface area (Å²) in [4.78, 5) is 45.6. The second-order valence-electron chi connectivity index (χ2n) is 6.41. The zero-order valence-electron chi connectivity index (χ0n) is 14.4. The smallest absolute Gasteiger partial charge is 0.478 e. The number of carboxylic acids is 3. The van der Waals surface area contributed by atoms with Crippen molar-refractivity contribution in [2.75, 3.05) is 0 Å². The van der Waals surface area contributed by atoms with Crippen molar-refractivity contribution in [1.82, 2.24) is 5.32 Å². The first kappa shape index (κ1) is 20.7. The molecule has 0 unspecified atom stereocenters. The average Bonchev–Trinajstić information content (AvgIpc) is 2.56. The fourth-order valence-corrected chi connectivity index (χ4v) is 3.24. The maximum Gasteiger partial charge on any atom is 0.478 e. The Bertz CT molecular complexity index is 715. The molecule has 146 valence electrons. The molecule has 1 heterocycles. The van der Waals surface area contributed by atoms with Crippen molar-refractivity contribution in [1.29, 1.82) is 0 Å². The summed E-state index contributed by atoms with van der Waals surface area (Å²) >= 11 is 0. The van der Waals surface area contributed by atoms with Gasteiger partial charge in [0, 0.05) is 0 Å². The van der Waals surface area contributed by atoms with Crippen LogP contribution in [0.1, 0.15) is 38.5 Å². The third kappa shape index (κ3) is 5.41. The van der Waals surface area contributed by atoms with Gasteiger partial charge in [-0.2, -0.15) is 0 Å². The van der Waals surface area contributed by atoms with E-state index in [0.29, 0.717) is 19.3 Å². The third-order valence-corrected chi connectivity index (χ3v) is 4.46. The van der Waals surface area contributed by atoms with E-state index in [-0.39, 0.29) is 36.0 Å². The molecule has 0 saturated carbocycles. The zero-order valence-corrected chi connectivity index (χ0v) is 14.4. The maximum absolute atomic E-state index is 12.3. The van der Waals surface area contributed by atoms with E-state index in [0.717, 1.165) is 0 Å². The molecule has 5 N–H and O–H groups in total. The molecule has 0 aromatic heterocycles. The lowest BCUT2D eigenvalue weighted by molar-refractivity contribution is -0.139. The largest absolute Gasteiger partial charge is 0.481 e. The van der Waals surface area contributed by atoms with Crippen LogP contribution in [-0.4, -0.2) is 63.3 Å². The monoisotopic (exact) mass is 381 g/mol. The van der Waals surface area contributed by atoms with Crippen LogP contribution in [0.2, 0.25) is 0 Å². The Morgan fingerprint density at radius 2 is 1.85 bits per heavy atom. The molecule has 1 amide bonds. The van der Waals surface area contributed by atoms with Crippen LogP contribution in [0.3, 0.4) is 0 Å². The maximum atomic E-state index is 12.3. The fourth-order valence-electron chi connectivity index (χ4n) is 3.24. The highest BCUT2D eigenvalue weighted by Crippen LogP contribution is 2.28. The summed E-state index contributed by atoms with van der Waals surface area (Å²) in [6, 6.07) is 0. The first-order valence-electron chi connectivity index (χ1n) is 8.42. The average molecular weight is 381 g/mol. The third-order valence-electron chi connectivity index (χ3n) is 4.46. The van der Waals surface area contributed by atoms with Crippen LogP contribution < -0.4 is 5.32 Å². The van der Waals surface area contributed by atoms with Crippen molar-refractivity contribution in [3.63, 3.8) is 0 Å². The molecular weight excluding hydrogens is 361 g/mol. The summed E-state index contributed by atoms with van der Waals surface area (Å²) < 4.78 is 5.17. The number of rotatable bonds is 7. The van der Waals surface area contributed by atoms with Crippen LogP contribution in [0.5, 0.6) is 0 Å². The Morgan fingerprint density at radius 1 is 1.15 bits per heavy atom. The second-order valence-corrected chi connectivity index (χ2v) is 6.41. The molecule has 1 saturated heterocycles. The van der Waals surface area contributed by atoms with Gasteiger partial charge in [-0.1, -0.05) is 6.08 Å². The van der Waals surface area contributed by atoms with E-state index >= 15 is 0 Å². The minimum Gasteiger partial charge on any atom is -0.481 e. The summed E-state index contributed by atoms with van der Waals surface area (Å²) in [5, 5.41) is 39.7. The molecule has 10 nitrogen and oxygen atoms in total. The topological polar surface area (TPSA) is 170 Å². The molecular formula is C16H20BNO9. The van der Waals surface area contributed by atoms with Crippen LogP contribution in [0.25, 0.3) is 0 Å². The summed E-state index contributed by atoms with van der Waals surface area (Å²) in [6.45, 7) is 0. The van der Waals surface area contributed by atoms with Gasteiger partial charge in [-0.05, 0) is 31.3 Å². The SMILES string of the molecule is O=C(O)C[C@@H]1CC[C@H](NC(=O)CC2=CCCC(C(=O)O)=C2C(=O)O)B(O)O1. The number of amides is 1. The van der Waals surface area contributed by atoms with Gasteiger partial charge in [0.25, 0.3) is 0 Å². The molecule has 11 heteroatoms. The Labute approximate surface area is 154 Å². The predicted octanol–water partition coefficient (Wildman–Crippen LogP) is -0.279. The van der Waals surface area contributed by atoms with Crippen LogP contribution >= 0.6 is 0 Å². The first-order chi connectivity index (χ1) is 12.7. The van der Waals surface area contributed by atoms with E-state index in [1.54, 1.807) is 0 Å². The van der Waals surface area contributed by atoms with E-state index in [9.17, 15) is 29.3 Å². The minimum absolute atomic E-state index is 0.0717. The molecule has 0 bridgehead atoms. The summed E-state index contributed by atoms with van der Waals surface area (Å²) in [6.07, 6.45) is 1.29. The Kier molecular flexibility index (Phi) is 6.75. The van der Waals surface area contributed by atoms with E-state index in [1.165, 1.54) is 6.08 Å². The lowest BCUT2D eigenvalue weighted by atomic mass is 9.72. The molecule has 27 heavy (non-hydrogen) atoms. The molecule has 2 rings (SSSR count). The number of hydrogen-bond donors (Lipinski definition) is 5. The van der Waals surface area contributed by atoms with Gasteiger partial charge >= 0.3 is 25.0 Å². The normalized spacial score (nSPS) is 22.9. The van der Waals surface area contributed by atoms with Gasteiger partial charge in [0.2, 0.25) is 5.91 Å². The van der Waals surface area contributed by atoms with Crippen molar-refractivity contribution >= 4 is 30.9 Å². The van der Waals surface area contributed by atoms with Gasteiger partial charge in [0.05, 0.1) is 36.0 Å². The van der Waals surface area contributed by atoms with Gasteiger partial charge in [-0.15, -0.1) is 0 Å². The molecule has 2 aliphatic rings. The van der Waals surface area contributed by atoms with E-state index in [4.69, 9.17) is 14.9 Å². The van der Waals surface area contributed by atoms with E-state index in [1.807, 2.05) is 0 Å². The highest BCUT2D eigenvalue weighted by atomic mass is 16.5. The van der Waals surface area contributed by atoms with Crippen molar-refractivity contribution in [3.05, 3.63) is 22.8 Å². The van der Waals surface area contributed by atoms with E-state index < -0.39 is 43.0 Å². The Balaban J connectivity index is 1.99. The first-order valence-corrected chi connectivity index (χ1v) is 8.42. The van der Waals surface area contributed by atoms with Gasteiger partial charge in [-0.25, -0.2) is 9.59 Å². The highest BCUT2D eigenvalue weighted by Gasteiger charge is 2.37. The number of carbonyl (C=O) groups is 4. The molecule has 0 spiro atoms. The van der Waals surface area contributed by atoms with Crippen LogP contribution in [0.15, 0.2) is 22.8 Å². The lowest BCUT2D eigenvalue weighted by Gasteiger charge is -2.31. The lowest BCUT2D eigenvalue weighted by Crippen LogP contribution is -2.53. The fraction of sp³-hybridized carbons (Fsp3) is 0.500. The van der Waals surface area contributed by atoms with Crippen molar-refractivity contribution in [2.45, 2.75) is 50.6 Å². The molecule has 0 aromatic carbocycles. The van der Waals surface area contributed by atoms with Crippen molar-refractivity contribution in [2.24, 2.45) is 0 Å². The number of carbonyl (C=O) groups excluding carboxylic acids is 1. The van der Waals surface area contributed by atoms with Crippen LogP contribution in [0, 0.1) is 0 Å².